The Morgan fingerprint density at radius 3 is 2.15 bits per heavy atom. The summed E-state index contributed by atoms with van der Waals surface area (Å²) in [6.07, 6.45) is 1.70. The third kappa shape index (κ3) is 3.94. The van der Waals surface area contributed by atoms with Gasteiger partial charge in [0.1, 0.15) is 0 Å². The number of fused-ring (bicyclic) bond motifs is 2. The van der Waals surface area contributed by atoms with Crippen LogP contribution < -0.4 is 24.3 Å². The third-order valence-corrected chi connectivity index (χ3v) is 4.66. The van der Waals surface area contributed by atoms with E-state index in [2.05, 4.69) is 5.32 Å². The number of hydrogen-bond acceptors (Lipinski definition) is 5. The fraction of sp³-hybridized carbons (Fsp3) is 0.381. The number of nitrogens with one attached hydrogen (secondary N) is 1. The Morgan fingerprint density at radius 1 is 0.852 bits per heavy atom. The van der Waals surface area contributed by atoms with Crippen LogP contribution in [0.3, 0.4) is 0 Å². The van der Waals surface area contributed by atoms with E-state index in [0.29, 0.717) is 50.0 Å². The number of aryl methyl sites for hydroxylation is 1. The lowest BCUT2D eigenvalue weighted by atomic mass is 10.1. The summed E-state index contributed by atoms with van der Waals surface area (Å²) in [6.45, 7) is 4.93. The zero-order chi connectivity index (χ0) is 18.6. The Kier molecular flexibility index (Phi) is 5.05. The zero-order valence-electron chi connectivity index (χ0n) is 15.4. The van der Waals surface area contributed by atoms with E-state index in [0.717, 1.165) is 35.5 Å². The highest BCUT2D eigenvalue weighted by Gasteiger charge is 2.16. The average molecular weight is 369 g/mol. The lowest BCUT2D eigenvalue weighted by molar-refractivity contribution is 0.0950. The molecule has 6 nitrogen and oxygen atoms in total. The van der Waals surface area contributed by atoms with Gasteiger partial charge in [0.15, 0.2) is 23.0 Å². The number of amides is 1. The minimum absolute atomic E-state index is 0.155. The lowest BCUT2D eigenvalue weighted by Crippen LogP contribution is -2.23. The van der Waals surface area contributed by atoms with Crippen molar-refractivity contribution in [3.05, 3.63) is 47.0 Å². The van der Waals surface area contributed by atoms with Gasteiger partial charge in [0.25, 0.3) is 5.91 Å². The van der Waals surface area contributed by atoms with Crippen LogP contribution in [0.2, 0.25) is 0 Å². The van der Waals surface area contributed by atoms with E-state index in [4.69, 9.17) is 18.9 Å². The third-order valence-electron chi connectivity index (χ3n) is 4.66. The van der Waals surface area contributed by atoms with Crippen LogP contribution in [0.1, 0.15) is 34.3 Å². The fourth-order valence-corrected chi connectivity index (χ4v) is 3.12. The van der Waals surface area contributed by atoms with Gasteiger partial charge in [-0.05, 0) is 48.4 Å². The van der Waals surface area contributed by atoms with Crippen LogP contribution in [0.5, 0.6) is 23.0 Å². The highest BCUT2D eigenvalue weighted by atomic mass is 16.5. The zero-order valence-corrected chi connectivity index (χ0v) is 15.4. The summed E-state index contributed by atoms with van der Waals surface area (Å²) >= 11 is 0. The van der Waals surface area contributed by atoms with E-state index in [1.807, 2.05) is 19.1 Å². The number of carbonyl (C=O) groups is 1. The molecule has 2 aliphatic rings. The highest BCUT2D eigenvalue weighted by molar-refractivity contribution is 5.94. The second-order valence-electron chi connectivity index (χ2n) is 6.67. The molecule has 4 rings (SSSR count). The lowest BCUT2D eigenvalue weighted by Gasteiger charge is -2.14. The Morgan fingerprint density at radius 2 is 1.44 bits per heavy atom. The molecule has 0 aromatic heterocycles. The Bertz CT molecular complexity index is 849. The number of hydrogen-bond donors (Lipinski definition) is 1. The quantitative estimate of drug-likeness (QED) is 0.900. The van der Waals surface area contributed by atoms with Crippen molar-refractivity contribution in [3.63, 3.8) is 0 Å². The summed E-state index contributed by atoms with van der Waals surface area (Å²) in [7, 11) is 0. The largest absolute Gasteiger partial charge is 0.490 e. The number of carbonyl (C=O) groups excluding carboxylic acids is 1. The molecule has 27 heavy (non-hydrogen) atoms. The number of benzene rings is 2. The van der Waals surface area contributed by atoms with Gasteiger partial charge >= 0.3 is 0 Å². The molecule has 0 aliphatic carbocycles. The van der Waals surface area contributed by atoms with Crippen molar-refractivity contribution in [2.45, 2.75) is 26.3 Å². The van der Waals surface area contributed by atoms with Crippen molar-refractivity contribution in [3.8, 4) is 23.0 Å². The van der Waals surface area contributed by atoms with E-state index < -0.39 is 0 Å². The van der Waals surface area contributed by atoms with Gasteiger partial charge in [0.2, 0.25) is 0 Å². The molecule has 2 aromatic rings. The predicted molar refractivity (Wildman–Crippen MR) is 100 cm³/mol. The van der Waals surface area contributed by atoms with Crippen molar-refractivity contribution in [1.29, 1.82) is 0 Å². The fourth-order valence-electron chi connectivity index (χ4n) is 3.12. The molecule has 2 aromatic carbocycles. The molecule has 1 N–H and O–H groups in total. The molecular formula is C21H23NO5. The van der Waals surface area contributed by atoms with Crippen LogP contribution in [-0.4, -0.2) is 32.3 Å². The number of ether oxygens (including phenoxy) is 4. The predicted octanol–water partition coefficient (Wildman–Crippen LogP) is 3.25. The first-order valence-corrected chi connectivity index (χ1v) is 9.28. The first-order valence-electron chi connectivity index (χ1n) is 9.28. The first kappa shape index (κ1) is 17.5. The Hall–Kier alpha value is -2.89. The van der Waals surface area contributed by atoms with E-state index >= 15 is 0 Å². The molecule has 0 unspecified atom stereocenters. The van der Waals surface area contributed by atoms with Crippen LogP contribution in [0.25, 0.3) is 0 Å². The molecule has 0 bridgehead atoms. The number of rotatable bonds is 3. The van der Waals surface area contributed by atoms with Crippen molar-refractivity contribution in [2.75, 3.05) is 26.4 Å². The van der Waals surface area contributed by atoms with Crippen molar-refractivity contribution < 1.29 is 23.7 Å². The van der Waals surface area contributed by atoms with Crippen LogP contribution in [-0.2, 0) is 6.54 Å². The summed E-state index contributed by atoms with van der Waals surface area (Å²) in [6, 6.07) is 9.19. The standard InChI is InChI=1S/C21H23NO5/c1-14-10-18-20(27-9-3-7-25-18)12-16(14)13-22-21(23)15-4-5-17-19(11-15)26-8-2-6-24-17/h4-5,10-12H,2-3,6-9,13H2,1H3,(H,22,23). The summed E-state index contributed by atoms with van der Waals surface area (Å²) in [5.41, 5.74) is 2.60. The van der Waals surface area contributed by atoms with E-state index in [1.54, 1.807) is 18.2 Å². The van der Waals surface area contributed by atoms with E-state index in [1.165, 1.54) is 0 Å². The molecule has 2 heterocycles. The van der Waals surface area contributed by atoms with Gasteiger partial charge in [-0.15, -0.1) is 0 Å². The maximum atomic E-state index is 12.6. The normalized spacial score (nSPS) is 15.4. The summed E-state index contributed by atoms with van der Waals surface area (Å²) < 4.78 is 22.7. The SMILES string of the molecule is Cc1cc2c(cc1CNC(=O)c1ccc3c(c1)OCCCO3)OCCCO2. The second-order valence-corrected chi connectivity index (χ2v) is 6.67. The maximum Gasteiger partial charge on any atom is 0.251 e. The summed E-state index contributed by atoms with van der Waals surface area (Å²) in [4.78, 5) is 12.6. The van der Waals surface area contributed by atoms with Gasteiger partial charge in [0, 0.05) is 24.9 Å². The summed E-state index contributed by atoms with van der Waals surface area (Å²) in [5.74, 6) is 2.65. The van der Waals surface area contributed by atoms with Crippen molar-refractivity contribution in [1.82, 2.24) is 5.32 Å². The molecule has 0 saturated heterocycles. The molecule has 0 spiro atoms. The van der Waals surface area contributed by atoms with E-state index in [-0.39, 0.29) is 5.91 Å². The maximum absolute atomic E-state index is 12.6. The van der Waals surface area contributed by atoms with Crippen LogP contribution in [0.4, 0.5) is 0 Å². The smallest absolute Gasteiger partial charge is 0.251 e. The van der Waals surface area contributed by atoms with Crippen molar-refractivity contribution in [2.24, 2.45) is 0 Å². The Labute approximate surface area is 158 Å². The van der Waals surface area contributed by atoms with Crippen LogP contribution in [0.15, 0.2) is 30.3 Å². The van der Waals surface area contributed by atoms with Crippen molar-refractivity contribution >= 4 is 5.91 Å². The van der Waals surface area contributed by atoms with Gasteiger partial charge in [-0.25, -0.2) is 0 Å². The van der Waals surface area contributed by atoms with Gasteiger partial charge in [-0.2, -0.15) is 0 Å². The average Bonchev–Trinajstić information content (AvgIpc) is 3.05. The highest BCUT2D eigenvalue weighted by Crippen LogP contribution is 2.33. The Balaban J connectivity index is 1.46. The molecule has 6 heteroatoms. The molecule has 0 fully saturated rings. The van der Waals surface area contributed by atoms with Gasteiger partial charge in [-0.3, -0.25) is 4.79 Å². The molecule has 142 valence electrons. The summed E-state index contributed by atoms with van der Waals surface area (Å²) in [5, 5.41) is 2.97. The van der Waals surface area contributed by atoms with Crippen LogP contribution in [0, 0.1) is 6.92 Å². The van der Waals surface area contributed by atoms with Crippen LogP contribution >= 0.6 is 0 Å². The van der Waals surface area contributed by atoms with Gasteiger partial charge in [-0.1, -0.05) is 0 Å². The monoisotopic (exact) mass is 369 g/mol. The molecule has 0 saturated carbocycles. The molecular weight excluding hydrogens is 346 g/mol. The molecule has 2 aliphatic heterocycles. The molecule has 0 radical (unpaired) electrons. The molecule has 1 amide bonds. The second kappa shape index (κ2) is 7.78. The molecule has 0 atom stereocenters. The minimum Gasteiger partial charge on any atom is -0.490 e. The van der Waals surface area contributed by atoms with Gasteiger partial charge < -0.3 is 24.3 Å². The first-order chi connectivity index (χ1) is 13.2. The topological polar surface area (TPSA) is 66.0 Å². The minimum atomic E-state index is -0.155. The van der Waals surface area contributed by atoms with E-state index in [9.17, 15) is 4.79 Å². The van der Waals surface area contributed by atoms with Gasteiger partial charge in [0.05, 0.1) is 26.4 Å².